The largest absolute Gasteiger partial charge is 0.376 e. The van der Waals surface area contributed by atoms with Crippen molar-refractivity contribution in [3.05, 3.63) is 32.4 Å². The third kappa shape index (κ3) is 3.28. The highest BCUT2D eigenvalue weighted by molar-refractivity contribution is 6.43. The summed E-state index contributed by atoms with van der Waals surface area (Å²) >= 11 is 12.5. The van der Waals surface area contributed by atoms with Gasteiger partial charge < -0.3 is 15.4 Å². The second kappa shape index (κ2) is 7.44. The average molecular weight is 426 g/mol. The maximum atomic E-state index is 12.8. The van der Waals surface area contributed by atoms with Crippen molar-refractivity contribution in [1.29, 1.82) is 0 Å². The van der Waals surface area contributed by atoms with Crippen LogP contribution in [-0.2, 0) is 4.74 Å². The van der Waals surface area contributed by atoms with Gasteiger partial charge in [-0.1, -0.05) is 29.3 Å². The fraction of sp³-hybridized carbons (Fsp3) is 0.632. The normalized spacial score (nSPS) is 27.5. The van der Waals surface area contributed by atoms with Crippen LogP contribution in [0.15, 0.2) is 20.9 Å². The van der Waals surface area contributed by atoms with Gasteiger partial charge in [-0.05, 0) is 39.5 Å². The summed E-state index contributed by atoms with van der Waals surface area (Å²) in [5.74, 6) is 0.998. The molecule has 4 rings (SSSR count). The molecule has 3 heterocycles. The first kappa shape index (κ1) is 19.9. The molecule has 7 nitrogen and oxygen atoms in total. The first-order chi connectivity index (χ1) is 13.3. The maximum absolute atomic E-state index is 12.8. The van der Waals surface area contributed by atoms with Crippen molar-refractivity contribution < 1.29 is 4.74 Å². The van der Waals surface area contributed by atoms with E-state index in [4.69, 9.17) is 33.7 Å². The van der Waals surface area contributed by atoms with Crippen LogP contribution in [0.3, 0.4) is 0 Å². The zero-order chi connectivity index (χ0) is 20.1. The predicted octanol–water partition coefficient (Wildman–Crippen LogP) is 2.60. The number of nitrogens with two attached hydrogens (primary N) is 1. The van der Waals surface area contributed by atoms with Crippen molar-refractivity contribution in [2.75, 3.05) is 24.6 Å². The Labute approximate surface area is 174 Å². The summed E-state index contributed by atoms with van der Waals surface area (Å²) in [6.07, 6.45) is 5.20. The lowest BCUT2D eigenvalue weighted by Crippen LogP contribution is -2.51. The van der Waals surface area contributed by atoms with E-state index in [2.05, 4.69) is 14.9 Å². The van der Waals surface area contributed by atoms with Gasteiger partial charge in [0.05, 0.1) is 23.4 Å². The Morgan fingerprint density at radius 1 is 1.29 bits per heavy atom. The number of anilines is 1. The molecule has 1 spiro atoms. The summed E-state index contributed by atoms with van der Waals surface area (Å²) in [6.45, 7) is 6.02. The molecule has 1 aromatic rings. The number of aryl methyl sites for hydroxylation is 1. The Bertz CT molecular complexity index is 902. The van der Waals surface area contributed by atoms with Gasteiger partial charge in [0.25, 0.3) is 0 Å². The van der Waals surface area contributed by atoms with Crippen molar-refractivity contribution in [1.82, 2.24) is 14.5 Å². The van der Waals surface area contributed by atoms with E-state index in [1.54, 1.807) is 6.92 Å². The van der Waals surface area contributed by atoms with Crippen molar-refractivity contribution in [3.8, 4) is 0 Å². The molecule has 9 heteroatoms. The summed E-state index contributed by atoms with van der Waals surface area (Å²) < 4.78 is 7.21. The smallest absolute Gasteiger partial charge is 0.356 e. The van der Waals surface area contributed by atoms with E-state index in [1.807, 2.05) is 13.0 Å². The molecule has 1 aromatic heterocycles. The summed E-state index contributed by atoms with van der Waals surface area (Å²) in [6, 6.07) is 0.0437. The molecular weight excluding hydrogens is 401 g/mol. The van der Waals surface area contributed by atoms with Crippen LogP contribution in [0.2, 0.25) is 0 Å². The third-order valence-corrected chi connectivity index (χ3v) is 7.16. The molecule has 2 atom stereocenters. The van der Waals surface area contributed by atoms with E-state index in [0.29, 0.717) is 40.6 Å². The van der Waals surface area contributed by atoms with Crippen LogP contribution < -0.4 is 16.3 Å². The van der Waals surface area contributed by atoms with E-state index in [-0.39, 0.29) is 17.6 Å². The van der Waals surface area contributed by atoms with Crippen LogP contribution in [0.25, 0.3) is 5.70 Å². The van der Waals surface area contributed by atoms with Crippen LogP contribution in [0.5, 0.6) is 0 Å². The molecule has 0 amide bonds. The standard InChI is InChI=1S/C19H25Cl2N5O2/c1-11-16(22)19(10-28-11)6-8-25(9-7-19)17-23-12(2)26(18(27)24-17)14-5-3-4-13(20)15(14)21/h5,11,16H,3-4,6-10,22H2,1-2H3/t11-,16+/m0/s1. The molecule has 3 aliphatic rings. The average Bonchev–Trinajstić information content (AvgIpc) is 2.94. The quantitative estimate of drug-likeness (QED) is 0.783. The van der Waals surface area contributed by atoms with Gasteiger partial charge in [0.1, 0.15) is 5.82 Å². The van der Waals surface area contributed by atoms with Crippen LogP contribution >= 0.6 is 23.2 Å². The first-order valence-corrected chi connectivity index (χ1v) is 10.4. The SMILES string of the molecule is Cc1nc(N2CCC3(CC2)CO[C@@H](C)[C@H]3N)nc(=O)n1C1=CCCC(Cl)=C1Cl. The van der Waals surface area contributed by atoms with Crippen molar-refractivity contribution in [2.24, 2.45) is 11.1 Å². The molecule has 28 heavy (non-hydrogen) atoms. The fourth-order valence-electron chi connectivity index (χ4n) is 4.40. The number of ether oxygens (including phenoxy) is 1. The number of hydrogen-bond acceptors (Lipinski definition) is 6. The Kier molecular flexibility index (Phi) is 5.29. The summed E-state index contributed by atoms with van der Waals surface area (Å²) in [7, 11) is 0. The lowest BCUT2D eigenvalue weighted by atomic mass is 9.73. The highest BCUT2D eigenvalue weighted by atomic mass is 35.5. The zero-order valence-electron chi connectivity index (χ0n) is 16.1. The molecule has 0 aromatic carbocycles. The molecular formula is C19H25Cl2N5O2. The number of hydrogen-bond donors (Lipinski definition) is 1. The number of allylic oxidation sites excluding steroid dienone is 4. The van der Waals surface area contributed by atoms with Crippen LogP contribution in [0.1, 0.15) is 38.4 Å². The molecule has 2 saturated heterocycles. The molecule has 2 fully saturated rings. The lowest BCUT2D eigenvalue weighted by Gasteiger charge is -2.41. The van der Waals surface area contributed by atoms with E-state index in [9.17, 15) is 4.79 Å². The van der Waals surface area contributed by atoms with Gasteiger partial charge in [-0.25, -0.2) is 9.36 Å². The van der Waals surface area contributed by atoms with E-state index >= 15 is 0 Å². The monoisotopic (exact) mass is 425 g/mol. The first-order valence-electron chi connectivity index (χ1n) is 9.67. The predicted molar refractivity (Wildman–Crippen MR) is 111 cm³/mol. The molecule has 2 N–H and O–H groups in total. The Hall–Kier alpha value is -1.41. The topological polar surface area (TPSA) is 86.3 Å². The summed E-state index contributed by atoms with van der Waals surface area (Å²) in [5.41, 5.74) is 6.57. The van der Waals surface area contributed by atoms with Crippen molar-refractivity contribution in [3.63, 3.8) is 0 Å². The van der Waals surface area contributed by atoms with Gasteiger partial charge in [-0.2, -0.15) is 9.97 Å². The Morgan fingerprint density at radius 2 is 2.00 bits per heavy atom. The highest BCUT2D eigenvalue weighted by Gasteiger charge is 2.47. The molecule has 2 aliphatic heterocycles. The summed E-state index contributed by atoms with van der Waals surface area (Å²) in [5, 5.41) is 0.943. The molecule has 0 radical (unpaired) electrons. The second-order valence-electron chi connectivity index (χ2n) is 7.93. The van der Waals surface area contributed by atoms with E-state index in [1.165, 1.54) is 4.57 Å². The number of nitrogens with zero attached hydrogens (tertiary/aromatic N) is 4. The number of halogens is 2. The van der Waals surface area contributed by atoms with Gasteiger partial charge in [0.2, 0.25) is 5.95 Å². The van der Waals surface area contributed by atoms with E-state index < -0.39 is 5.69 Å². The molecule has 0 unspecified atom stereocenters. The van der Waals surface area contributed by atoms with E-state index in [0.717, 1.165) is 32.4 Å². The molecule has 152 valence electrons. The maximum Gasteiger partial charge on any atom is 0.356 e. The van der Waals surface area contributed by atoms with Crippen LogP contribution in [-0.4, -0.2) is 46.4 Å². The third-order valence-electron chi connectivity index (χ3n) is 6.27. The highest BCUT2D eigenvalue weighted by Crippen LogP contribution is 2.41. The Balaban J connectivity index is 1.57. The van der Waals surface area contributed by atoms with Crippen molar-refractivity contribution in [2.45, 2.75) is 51.7 Å². The minimum Gasteiger partial charge on any atom is -0.376 e. The van der Waals surface area contributed by atoms with Gasteiger partial charge >= 0.3 is 5.69 Å². The van der Waals surface area contributed by atoms with Gasteiger partial charge in [-0.15, -0.1) is 0 Å². The molecule has 0 saturated carbocycles. The molecule has 0 bridgehead atoms. The van der Waals surface area contributed by atoms with Crippen LogP contribution in [0.4, 0.5) is 5.95 Å². The van der Waals surface area contributed by atoms with Crippen LogP contribution in [0, 0.1) is 12.3 Å². The zero-order valence-corrected chi connectivity index (χ0v) is 17.6. The van der Waals surface area contributed by atoms with Gasteiger partial charge in [0, 0.05) is 29.6 Å². The fourth-order valence-corrected chi connectivity index (χ4v) is 4.86. The van der Waals surface area contributed by atoms with Gasteiger partial charge in [0.15, 0.2) is 0 Å². The second-order valence-corrected chi connectivity index (χ2v) is 8.76. The molecule has 1 aliphatic carbocycles. The minimum absolute atomic E-state index is 0.0158. The van der Waals surface area contributed by atoms with Crippen molar-refractivity contribution >= 4 is 34.8 Å². The number of piperidine rings is 1. The summed E-state index contributed by atoms with van der Waals surface area (Å²) in [4.78, 5) is 23.7. The van der Waals surface area contributed by atoms with Gasteiger partial charge in [-0.3, -0.25) is 0 Å². The lowest BCUT2D eigenvalue weighted by molar-refractivity contribution is 0.0973. The number of rotatable bonds is 2. The number of aromatic nitrogens is 3. The minimum atomic E-state index is -0.395. The Morgan fingerprint density at radius 3 is 2.61 bits per heavy atom.